The Morgan fingerprint density at radius 3 is 2.65 bits per heavy atom. The lowest BCUT2D eigenvalue weighted by atomic mass is 10.1. The number of benzene rings is 2. The monoisotopic (exact) mass is 505 g/mol. The van der Waals surface area contributed by atoms with Gasteiger partial charge in [-0.3, -0.25) is 19.0 Å². The van der Waals surface area contributed by atoms with Crippen LogP contribution in [0.1, 0.15) is 10.5 Å². The van der Waals surface area contributed by atoms with Crippen LogP contribution < -0.4 is 15.8 Å². The average Bonchev–Trinajstić information content (AvgIpc) is 3.25. The highest BCUT2D eigenvalue weighted by Crippen LogP contribution is 2.29. The molecule has 0 aliphatic heterocycles. The van der Waals surface area contributed by atoms with E-state index >= 15 is 0 Å². The van der Waals surface area contributed by atoms with Crippen LogP contribution in [-0.4, -0.2) is 35.3 Å². The van der Waals surface area contributed by atoms with Gasteiger partial charge in [-0.05, 0) is 36.4 Å². The summed E-state index contributed by atoms with van der Waals surface area (Å²) < 4.78 is 32.4. The fourth-order valence-corrected chi connectivity index (χ4v) is 4.10. The van der Waals surface area contributed by atoms with Crippen molar-refractivity contribution >= 4 is 54.1 Å². The van der Waals surface area contributed by atoms with Crippen LogP contribution in [0.5, 0.6) is 0 Å². The standard InChI is InChI=1S/C19H16BrN5O5S/c1-25-15-9-12(24-31(2,28)29)5-3-10(15)7-16(25)18(26)21-14-6-4-11(20)8-13(14)17-22-19(27)30-23-17/h3-9,24H,1-2H3,(H,21,26)(H,22,23,27). The molecule has 0 atom stereocenters. The largest absolute Gasteiger partial charge is 0.439 e. The van der Waals surface area contributed by atoms with Crippen molar-refractivity contribution in [2.45, 2.75) is 0 Å². The van der Waals surface area contributed by atoms with E-state index in [0.29, 0.717) is 28.1 Å². The molecule has 0 bridgehead atoms. The number of H-pyrrole nitrogens is 1. The SMILES string of the molecule is Cn1c(C(=O)Nc2ccc(Br)cc2-c2noc(=O)[nH]2)cc2ccc(NS(C)(=O)=O)cc21. The molecule has 0 radical (unpaired) electrons. The maximum atomic E-state index is 13.0. The molecule has 0 aliphatic carbocycles. The van der Waals surface area contributed by atoms with E-state index in [0.717, 1.165) is 16.1 Å². The molecule has 31 heavy (non-hydrogen) atoms. The van der Waals surface area contributed by atoms with Gasteiger partial charge in [-0.25, -0.2) is 13.2 Å². The predicted molar refractivity (Wildman–Crippen MR) is 120 cm³/mol. The molecule has 2 heterocycles. The smallest absolute Gasteiger partial charge is 0.340 e. The number of carbonyl (C=O) groups is 1. The highest BCUT2D eigenvalue weighted by atomic mass is 79.9. The first-order valence-corrected chi connectivity index (χ1v) is 11.5. The highest BCUT2D eigenvalue weighted by molar-refractivity contribution is 9.10. The molecular weight excluding hydrogens is 490 g/mol. The summed E-state index contributed by atoms with van der Waals surface area (Å²) in [6, 6.07) is 11.8. The zero-order valence-corrected chi connectivity index (χ0v) is 18.7. The van der Waals surface area contributed by atoms with Crippen LogP contribution in [0.15, 0.2) is 56.3 Å². The minimum Gasteiger partial charge on any atom is -0.340 e. The van der Waals surface area contributed by atoms with E-state index in [1.165, 1.54) is 0 Å². The second-order valence-electron chi connectivity index (χ2n) is 6.82. The van der Waals surface area contributed by atoms with Crippen molar-refractivity contribution in [2.24, 2.45) is 7.05 Å². The number of rotatable bonds is 5. The maximum absolute atomic E-state index is 13.0. The van der Waals surface area contributed by atoms with E-state index in [9.17, 15) is 18.0 Å². The van der Waals surface area contributed by atoms with Gasteiger partial charge in [0.15, 0.2) is 5.82 Å². The Morgan fingerprint density at radius 1 is 1.19 bits per heavy atom. The van der Waals surface area contributed by atoms with Crippen LogP contribution in [0.3, 0.4) is 0 Å². The molecule has 12 heteroatoms. The molecule has 160 valence electrons. The fourth-order valence-electron chi connectivity index (χ4n) is 3.18. The molecule has 2 aromatic carbocycles. The van der Waals surface area contributed by atoms with E-state index < -0.39 is 21.7 Å². The lowest BCUT2D eigenvalue weighted by Crippen LogP contribution is -2.16. The summed E-state index contributed by atoms with van der Waals surface area (Å²) >= 11 is 3.36. The van der Waals surface area contributed by atoms with E-state index in [2.05, 4.69) is 40.6 Å². The van der Waals surface area contributed by atoms with Crippen molar-refractivity contribution in [2.75, 3.05) is 16.3 Å². The Balaban J connectivity index is 1.70. The van der Waals surface area contributed by atoms with Crippen LogP contribution in [-0.2, 0) is 17.1 Å². The van der Waals surface area contributed by atoms with Crippen molar-refractivity contribution in [3.8, 4) is 11.4 Å². The predicted octanol–water partition coefficient (Wildman–Crippen LogP) is 2.91. The Morgan fingerprint density at radius 2 is 1.97 bits per heavy atom. The van der Waals surface area contributed by atoms with Crippen molar-refractivity contribution in [3.63, 3.8) is 0 Å². The zero-order chi connectivity index (χ0) is 22.3. The molecule has 2 aromatic heterocycles. The Bertz CT molecular complexity index is 1490. The van der Waals surface area contributed by atoms with E-state index in [4.69, 9.17) is 0 Å². The molecule has 0 aliphatic rings. The average molecular weight is 506 g/mol. The normalized spacial score (nSPS) is 11.6. The van der Waals surface area contributed by atoms with Gasteiger partial charge in [-0.15, -0.1) is 0 Å². The van der Waals surface area contributed by atoms with Gasteiger partial charge in [0, 0.05) is 22.5 Å². The van der Waals surface area contributed by atoms with Crippen LogP contribution in [0.4, 0.5) is 11.4 Å². The molecule has 0 saturated heterocycles. The van der Waals surface area contributed by atoms with Crippen LogP contribution in [0, 0.1) is 0 Å². The second-order valence-corrected chi connectivity index (χ2v) is 9.49. The molecule has 3 N–H and O–H groups in total. The first-order valence-electron chi connectivity index (χ1n) is 8.85. The lowest BCUT2D eigenvalue weighted by molar-refractivity contribution is 0.101. The first kappa shape index (κ1) is 20.9. The number of hydrogen-bond donors (Lipinski definition) is 3. The number of nitrogens with zero attached hydrogens (tertiary/aromatic N) is 2. The topological polar surface area (TPSA) is 139 Å². The number of fused-ring (bicyclic) bond motifs is 1. The van der Waals surface area contributed by atoms with E-state index in [-0.39, 0.29) is 5.82 Å². The summed E-state index contributed by atoms with van der Waals surface area (Å²) in [6.45, 7) is 0. The zero-order valence-electron chi connectivity index (χ0n) is 16.3. The summed E-state index contributed by atoms with van der Waals surface area (Å²) in [5.41, 5.74) is 2.31. The summed E-state index contributed by atoms with van der Waals surface area (Å²) in [7, 11) is -1.72. The van der Waals surface area contributed by atoms with Crippen molar-refractivity contribution in [1.82, 2.24) is 14.7 Å². The quantitative estimate of drug-likeness (QED) is 0.381. The number of anilines is 2. The minimum atomic E-state index is -3.42. The summed E-state index contributed by atoms with van der Waals surface area (Å²) in [6.07, 6.45) is 1.07. The lowest BCUT2D eigenvalue weighted by Gasteiger charge is -2.10. The van der Waals surface area contributed by atoms with Crippen LogP contribution >= 0.6 is 15.9 Å². The molecule has 0 fully saturated rings. The fraction of sp³-hybridized carbons (Fsp3) is 0.105. The number of amides is 1. The Labute approximate surface area is 184 Å². The van der Waals surface area contributed by atoms with Crippen molar-refractivity contribution < 1.29 is 17.7 Å². The second kappa shape index (κ2) is 7.71. The molecule has 10 nitrogen and oxygen atoms in total. The maximum Gasteiger partial charge on any atom is 0.439 e. The summed E-state index contributed by atoms with van der Waals surface area (Å²) in [5, 5.41) is 7.27. The Kier molecular flexibility index (Phi) is 5.19. The van der Waals surface area contributed by atoms with Gasteiger partial charge in [0.2, 0.25) is 10.0 Å². The first-order chi connectivity index (χ1) is 14.6. The molecule has 4 aromatic rings. The van der Waals surface area contributed by atoms with Crippen molar-refractivity contribution in [3.05, 3.63) is 63.2 Å². The van der Waals surface area contributed by atoms with Gasteiger partial charge in [0.05, 0.1) is 23.1 Å². The molecule has 0 unspecified atom stereocenters. The number of hydrogen-bond acceptors (Lipinski definition) is 6. The molecule has 0 saturated carbocycles. The molecule has 0 spiro atoms. The number of sulfonamides is 1. The van der Waals surface area contributed by atoms with Gasteiger partial charge in [0.25, 0.3) is 5.91 Å². The third-order valence-electron chi connectivity index (χ3n) is 4.51. The van der Waals surface area contributed by atoms with Gasteiger partial charge in [-0.2, -0.15) is 0 Å². The Hall–Kier alpha value is -3.38. The third kappa shape index (κ3) is 4.39. The van der Waals surface area contributed by atoms with Crippen molar-refractivity contribution in [1.29, 1.82) is 0 Å². The number of aryl methyl sites for hydroxylation is 1. The summed E-state index contributed by atoms with van der Waals surface area (Å²) in [5.74, 6) is -0.930. The summed E-state index contributed by atoms with van der Waals surface area (Å²) in [4.78, 5) is 26.8. The number of aromatic amines is 1. The number of halogens is 1. The molecular formula is C19H16BrN5O5S. The van der Waals surface area contributed by atoms with Crippen LogP contribution in [0.25, 0.3) is 22.3 Å². The van der Waals surface area contributed by atoms with Gasteiger partial charge in [-0.1, -0.05) is 27.2 Å². The highest BCUT2D eigenvalue weighted by Gasteiger charge is 2.18. The van der Waals surface area contributed by atoms with E-state index in [1.54, 1.807) is 54.1 Å². The number of nitrogens with one attached hydrogen (secondary N) is 3. The number of aromatic nitrogens is 3. The van der Waals surface area contributed by atoms with Gasteiger partial charge >= 0.3 is 5.76 Å². The van der Waals surface area contributed by atoms with E-state index in [1.807, 2.05) is 0 Å². The molecule has 1 amide bonds. The molecule has 4 rings (SSSR count). The third-order valence-corrected chi connectivity index (χ3v) is 5.61. The minimum absolute atomic E-state index is 0.176. The number of carbonyl (C=O) groups excluding carboxylic acids is 1. The van der Waals surface area contributed by atoms with Gasteiger partial charge in [0.1, 0.15) is 5.69 Å². The van der Waals surface area contributed by atoms with Crippen LogP contribution in [0.2, 0.25) is 0 Å². The van der Waals surface area contributed by atoms with Gasteiger partial charge < -0.3 is 9.88 Å².